The van der Waals surface area contributed by atoms with E-state index < -0.39 is 5.97 Å². The molecule has 0 saturated heterocycles. The monoisotopic (exact) mass is 586 g/mol. The Morgan fingerprint density at radius 2 is 1.59 bits per heavy atom. The number of benzene rings is 4. The normalized spacial score (nSPS) is 11.6. The molecule has 1 aromatic heterocycles. The van der Waals surface area contributed by atoms with Crippen molar-refractivity contribution in [3.05, 3.63) is 130 Å². The molecule has 44 heavy (non-hydrogen) atoms. The van der Waals surface area contributed by atoms with Crippen molar-refractivity contribution in [3.8, 4) is 28.3 Å². The zero-order valence-electron chi connectivity index (χ0n) is 24.1. The number of carbonyl (C=O) groups is 3. The molecule has 0 atom stereocenters. The predicted octanol–water partition coefficient (Wildman–Crippen LogP) is 6.43. The van der Waals surface area contributed by atoms with E-state index in [0.717, 1.165) is 39.3 Å². The lowest BCUT2D eigenvalue weighted by Crippen LogP contribution is -2.24. The molecule has 0 fully saturated rings. The van der Waals surface area contributed by atoms with Crippen molar-refractivity contribution >= 4 is 17.7 Å². The van der Waals surface area contributed by atoms with Crippen LogP contribution in [0, 0.1) is 6.92 Å². The number of amides is 1. The fourth-order valence-corrected chi connectivity index (χ4v) is 5.42. The smallest absolute Gasteiger partial charge is 0.303 e. The maximum Gasteiger partial charge on any atom is 0.303 e. The van der Waals surface area contributed by atoms with Gasteiger partial charge < -0.3 is 19.6 Å². The van der Waals surface area contributed by atoms with Crippen LogP contribution in [-0.2, 0) is 24.2 Å². The van der Waals surface area contributed by atoms with Crippen LogP contribution in [0.4, 0.5) is 0 Å². The molecule has 4 aromatic carbocycles. The van der Waals surface area contributed by atoms with Crippen LogP contribution in [0.15, 0.2) is 95.4 Å². The molecular weight excluding hydrogens is 556 g/mol. The Kier molecular flexibility index (Phi) is 8.06. The highest BCUT2D eigenvalue weighted by Gasteiger charge is 2.27. The van der Waals surface area contributed by atoms with Gasteiger partial charge in [-0.05, 0) is 72.0 Å². The second-order valence-corrected chi connectivity index (χ2v) is 10.6. The quantitative estimate of drug-likeness (QED) is 0.180. The minimum absolute atomic E-state index is 0.0379. The number of hydrogen-bond acceptors (Lipinski definition) is 6. The van der Waals surface area contributed by atoms with Crippen LogP contribution in [0.3, 0.4) is 0 Å². The highest BCUT2D eigenvalue weighted by atomic mass is 16.5. The minimum atomic E-state index is -0.901. The third kappa shape index (κ3) is 6.01. The van der Waals surface area contributed by atoms with Crippen LogP contribution < -0.4 is 10.1 Å². The maximum absolute atomic E-state index is 13.2. The average Bonchev–Trinajstić information content (AvgIpc) is 3.56. The fraction of sp³-hybridized carbons (Fsp3) is 0.167. The Balaban J connectivity index is 1.13. The summed E-state index contributed by atoms with van der Waals surface area (Å²) in [6.45, 7) is 2.40. The van der Waals surface area contributed by atoms with E-state index in [1.54, 1.807) is 30.3 Å². The van der Waals surface area contributed by atoms with Crippen molar-refractivity contribution in [2.45, 2.75) is 32.7 Å². The third-order valence-electron chi connectivity index (χ3n) is 7.73. The minimum Gasteiger partial charge on any atom is -0.493 e. The van der Waals surface area contributed by atoms with Crippen molar-refractivity contribution < 1.29 is 28.6 Å². The van der Waals surface area contributed by atoms with E-state index in [1.165, 1.54) is 0 Å². The number of rotatable bonds is 11. The van der Waals surface area contributed by atoms with Gasteiger partial charge in [-0.1, -0.05) is 54.6 Å². The summed E-state index contributed by atoms with van der Waals surface area (Å²) in [5.41, 5.74) is 6.49. The Morgan fingerprint density at radius 1 is 0.841 bits per heavy atom. The SMILES string of the molecule is Cc1oc(-c2ccccc2)nc1CCOc1ccc(CCC(=O)O)c(CNC(=O)c2ccc3c(c2)C(=O)c2ccccc2-3)c1. The first-order valence-corrected chi connectivity index (χ1v) is 14.4. The molecule has 6 rings (SSSR count). The number of oxazole rings is 1. The van der Waals surface area contributed by atoms with Crippen molar-refractivity contribution in [2.24, 2.45) is 0 Å². The average molecular weight is 587 g/mol. The van der Waals surface area contributed by atoms with Crippen LogP contribution in [-0.4, -0.2) is 34.4 Å². The number of fused-ring (bicyclic) bond motifs is 3. The second-order valence-electron chi connectivity index (χ2n) is 10.6. The van der Waals surface area contributed by atoms with Crippen LogP contribution >= 0.6 is 0 Å². The molecule has 8 nitrogen and oxygen atoms in total. The molecule has 5 aromatic rings. The lowest BCUT2D eigenvalue weighted by molar-refractivity contribution is -0.136. The molecule has 220 valence electrons. The van der Waals surface area contributed by atoms with Crippen LogP contribution in [0.5, 0.6) is 5.75 Å². The van der Waals surface area contributed by atoms with Gasteiger partial charge in [-0.2, -0.15) is 0 Å². The van der Waals surface area contributed by atoms with Crippen molar-refractivity contribution in [1.29, 1.82) is 0 Å². The van der Waals surface area contributed by atoms with Crippen molar-refractivity contribution in [3.63, 3.8) is 0 Å². The van der Waals surface area contributed by atoms with E-state index >= 15 is 0 Å². The number of carbonyl (C=O) groups excluding carboxylic acids is 2. The van der Waals surface area contributed by atoms with Gasteiger partial charge in [-0.25, -0.2) is 4.98 Å². The largest absolute Gasteiger partial charge is 0.493 e. The summed E-state index contributed by atoms with van der Waals surface area (Å²) < 4.78 is 11.9. The molecule has 1 amide bonds. The van der Waals surface area contributed by atoms with E-state index in [9.17, 15) is 19.5 Å². The summed E-state index contributed by atoms with van der Waals surface area (Å²) >= 11 is 0. The van der Waals surface area contributed by atoms with E-state index in [-0.39, 0.29) is 24.7 Å². The Labute approximate surface area is 254 Å². The molecule has 1 aliphatic rings. The number of ketones is 1. The van der Waals surface area contributed by atoms with Gasteiger partial charge in [0.2, 0.25) is 5.89 Å². The van der Waals surface area contributed by atoms with E-state index in [1.807, 2.05) is 67.6 Å². The summed E-state index contributed by atoms with van der Waals surface area (Å²) in [7, 11) is 0. The standard InChI is InChI=1S/C36H30N2O6/c1-22-32(38-36(44-22)24-7-3-2-4-8-24)17-18-43-27-14-11-23(13-16-33(39)40)26(19-27)21-37-35(42)25-12-15-29-28-9-5-6-10-30(28)34(41)31(29)20-25/h2-12,14-15,19-20H,13,16-18,21H2,1H3,(H,37,42)(H,39,40). The van der Waals surface area contributed by atoms with Gasteiger partial charge in [0.05, 0.1) is 12.3 Å². The number of carboxylic acid groups (broad SMARTS) is 1. The topological polar surface area (TPSA) is 119 Å². The fourth-order valence-electron chi connectivity index (χ4n) is 5.42. The second kappa shape index (κ2) is 12.4. The molecule has 0 spiro atoms. The van der Waals surface area contributed by atoms with Gasteiger partial charge in [0, 0.05) is 41.6 Å². The highest BCUT2D eigenvalue weighted by molar-refractivity contribution is 6.22. The summed E-state index contributed by atoms with van der Waals surface area (Å²) in [5.74, 6) is 0.569. The lowest BCUT2D eigenvalue weighted by Gasteiger charge is -2.14. The summed E-state index contributed by atoms with van der Waals surface area (Å²) in [6.07, 6.45) is 0.812. The van der Waals surface area contributed by atoms with E-state index in [2.05, 4.69) is 10.3 Å². The molecule has 0 unspecified atom stereocenters. The highest BCUT2D eigenvalue weighted by Crippen LogP contribution is 2.36. The number of nitrogens with one attached hydrogen (secondary N) is 1. The molecule has 1 aliphatic carbocycles. The summed E-state index contributed by atoms with van der Waals surface area (Å²) in [6, 6.07) is 27.7. The van der Waals surface area contributed by atoms with Gasteiger partial charge in [0.1, 0.15) is 11.5 Å². The molecule has 2 N–H and O–H groups in total. The number of aromatic nitrogens is 1. The van der Waals surface area contributed by atoms with E-state index in [4.69, 9.17) is 9.15 Å². The van der Waals surface area contributed by atoms with Crippen LogP contribution in [0.1, 0.15) is 55.3 Å². The number of aryl methyl sites for hydroxylation is 2. The van der Waals surface area contributed by atoms with Crippen molar-refractivity contribution in [2.75, 3.05) is 6.61 Å². The molecule has 8 heteroatoms. The zero-order chi connectivity index (χ0) is 30.6. The number of ether oxygens (including phenoxy) is 1. The van der Waals surface area contributed by atoms with Gasteiger partial charge >= 0.3 is 5.97 Å². The maximum atomic E-state index is 13.2. The Hall–Kier alpha value is -5.50. The molecule has 0 aliphatic heterocycles. The summed E-state index contributed by atoms with van der Waals surface area (Å²) in [5, 5.41) is 12.2. The third-order valence-corrected chi connectivity index (χ3v) is 7.73. The first kappa shape index (κ1) is 28.6. The lowest BCUT2D eigenvalue weighted by atomic mass is 10.0. The van der Waals surface area contributed by atoms with Gasteiger partial charge in [0.15, 0.2) is 5.78 Å². The molecule has 0 radical (unpaired) electrons. The number of aliphatic carboxylic acids is 1. The van der Waals surface area contributed by atoms with Gasteiger partial charge in [-0.15, -0.1) is 0 Å². The first-order chi connectivity index (χ1) is 21.4. The number of hydrogen-bond donors (Lipinski definition) is 2. The molecule has 1 heterocycles. The molecular formula is C36H30N2O6. The van der Waals surface area contributed by atoms with Gasteiger partial charge in [-0.3, -0.25) is 14.4 Å². The van der Waals surface area contributed by atoms with Crippen LogP contribution in [0.25, 0.3) is 22.6 Å². The Morgan fingerprint density at radius 3 is 2.39 bits per heavy atom. The molecule has 0 saturated carbocycles. The first-order valence-electron chi connectivity index (χ1n) is 14.4. The Bertz CT molecular complexity index is 1880. The summed E-state index contributed by atoms with van der Waals surface area (Å²) in [4.78, 5) is 42.0. The van der Waals surface area contributed by atoms with E-state index in [0.29, 0.717) is 47.8 Å². The van der Waals surface area contributed by atoms with Crippen LogP contribution in [0.2, 0.25) is 0 Å². The van der Waals surface area contributed by atoms with Crippen molar-refractivity contribution in [1.82, 2.24) is 10.3 Å². The predicted molar refractivity (Wildman–Crippen MR) is 165 cm³/mol. The number of carboxylic acids is 1. The zero-order valence-corrected chi connectivity index (χ0v) is 24.1. The number of nitrogens with zero attached hydrogens (tertiary/aromatic N) is 1. The van der Waals surface area contributed by atoms with Gasteiger partial charge in [0.25, 0.3) is 5.91 Å². The molecule has 0 bridgehead atoms.